The highest BCUT2D eigenvalue weighted by Crippen LogP contribution is 2.22. The molecule has 2 aromatic heterocycles. The first-order chi connectivity index (χ1) is 11.8. The molecule has 3 aromatic rings. The molecule has 1 aliphatic heterocycles. The molecule has 24 heavy (non-hydrogen) atoms. The Morgan fingerprint density at radius 3 is 2.75 bits per heavy atom. The third kappa shape index (κ3) is 2.78. The number of aromatic nitrogens is 6. The quantitative estimate of drug-likeness (QED) is 0.726. The second-order valence-corrected chi connectivity index (χ2v) is 5.86. The van der Waals surface area contributed by atoms with Crippen LogP contribution in [0.25, 0.3) is 5.69 Å². The Bertz CT molecular complexity index is 796. The van der Waals surface area contributed by atoms with Gasteiger partial charge in [-0.1, -0.05) is 0 Å². The molecule has 1 atom stereocenters. The number of carbonyl (C=O) groups excluding carboxylic acids is 1. The van der Waals surface area contributed by atoms with Gasteiger partial charge in [0.05, 0.1) is 18.1 Å². The number of imidazole rings is 1. The van der Waals surface area contributed by atoms with Gasteiger partial charge in [0.15, 0.2) is 0 Å². The molecule has 1 aromatic carbocycles. The Kier molecular flexibility index (Phi) is 3.78. The van der Waals surface area contributed by atoms with Gasteiger partial charge in [-0.15, -0.1) is 5.10 Å². The van der Waals surface area contributed by atoms with Crippen LogP contribution in [-0.2, 0) is 0 Å². The molecule has 0 saturated carbocycles. The average Bonchev–Trinajstić information content (AvgIpc) is 3.35. The molecule has 0 N–H and O–H groups in total. The molecule has 1 saturated heterocycles. The topological polar surface area (TPSA) is 81.7 Å². The minimum absolute atomic E-state index is 0.0584. The number of nitrogens with zero attached hydrogens (tertiary/aromatic N) is 7. The predicted octanol–water partition coefficient (Wildman–Crippen LogP) is 1.34. The molecule has 1 fully saturated rings. The molecule has 0 radical (unpaired) electrons. The number of amides is 1. The lowest BCUT2D eigenvalue weighted by Gasteiger charge is -2.33. The Labute approximate surface area is 138 Å². The molecule has 122 valence electrons. The number of hydrogen-bond donors (Lipinski definition) is 0. The van der Waals surface area contributed by atoms with E-state index >= 15 is 0 Å². The zero-order valence-electron chi connectivity index (χ0n) is 13.1. The molecule has 1 unspecified atom stereocenters. The van der Waals surface area contributed by atoms with Gasteiger partial charge in [-0.2, -0.15) is 0 Å². The third-order valence-corrected chi connectivity index (χ3v) is 4.36. The first kappa shape index (κ1) is 14.6. The molecule has 0 spiro atoms. The Morgan fingerprint density at radius 1 is 1.17 bits per heavy atom. The van der Waals surface area contributed by atoms with Gasteiger partial charge in [-0.25, -0.2) is 9.67 Å². The van der Waals surface area contributed by atoms with Crippen LogP contribution in [0.4, 0.5) is 0 Å². The van der Waals surface area contributed by atoms with Crippen molar-refractivity contribution in [1.29, 1.82) is 0 Å². The summed E-state index contributed by atoms with van der Waals surface area (Å²) < 4.78 is 3.64. The van der Waals surface area contributed by atoms with Crippen molar-refractivity contribution < 1.29 is 4.79 Å². The first-order valence-electron chi connectivity index (χ1n) is 7.91. The van der Waals surface area contributed by atoms with Gasteiger partial charge >= 0.3 is 0 Å². The van der Waals surface area contributed by atoms with Crippen molar-refractivity contribution >= 4 is 5.91 Å². The zero-order chi connectivity index (χ0) is 16.4. The van der Waals surface area contributed by atoms with Crippen molar-refractivity contribution in [3.63, 3.8) is 0 Å². The predicted molar refractivity (Wildman–Crippen MR) is 85.6 cm³/mol. The summed E-state index contributed by atoms with van der Waals surface area (Å²) in [6, 6.07) is 7.63. The maximum absolute atomic E-state index is 12.8. The minimum Gasteiger partial charge on any atom is -0.337 e. The summed E-state index contributed by atoms with van der Waals surface area (Å²) in [5.41, 5.74) is 1.50. The maximum atomic E-state index is 12.8. The van der Waals surface area contributed by atoms with Gasteiger partial charge < -0.3 is 9.47 Å². The van der Waals surface area contributed by atoms with Gasteiger partial charge in [0, 0.05) is 31.0 Å². The van der Waals surface area contributed by atoms with E-state index in [0.717, 1.165) is 25.1 Å². The van der Waals surface area contributed by atoms with Crippen LogP contribution in [0.1, 0.15) is 29.2 Å². The standard InChI is InChI=1S/C16H17N7O/c24-16(13-3-5-14(6-4-13)23-12-18-19-20-23)21-8-1-2-15(10-21)22-9-7-17-11-22/h3-7,9,11-12,15H,1-2,8,10H2. The van der Waals surface area contributed by atoms with Crippen LogP contribution in [-0.4, -0.2) is 53.7 Å². The van der Waals surface area contributed by atoms with Crippen molar-refractivity contribution in [3.05, 3.63) is 54.9 Å². The largest absolute Gasteiger partial charge is 0.337 e. The number of carbonyl (C=O) groups is 1. The minimum atomic E-state index is 0.0584. The molecule has 8 nitrogen and oxygen atoms in total. The Hall–Kier alpha value is -3.03. The van der Waals surface area contributed by atoms with Crippen LogP contribution in [0.3, 0.4) is 0 Å². The highest BCUT2D eigenvalue weighted by atomic mass is 16.2. The maximum Gasteiger partial charge on any atom is 0.253 e. The molecular formula is C16H17N7O. The molecule has 1 amide bonds. The highest BCUT2D eigenvalue weighted by molar-refractivity contribution is 5.94. The van der Waals surface area contributed by atoms with Gasteiger partial charge in [-0.3, -0.25) is 4.79 Å². The van der Waals surface area contributed by atoms with E-state index in [4.69, 9.17) is 0 Å². The van der Waals surface area contributed by atoms with Crippen LogP contribution in [0, 0.1) is 0 Å². The Balaban J connectivity index is 1.49. The summed E-state index contributed by atoms with van der Waals surface area (Å²) in [4.78, 5) is 18.8. The lowest BCUT2D eigenvalue weighted by atomic mass is 10.0. The summed E-state index contributed by atoms with van der Waals surface area (Å²) in [5.74, 6) is 0.0584. The number of piperidine rings is 1. The fourth-order valence-electron chi connectivity index (χ4n) is 3.09. The summed E-state index contributed by atoms with van der Waals surface area (Å²) in [5, 5.41) is 11.1. The molecule has 4 rings (SSSR count). The summed E-state index contributed by atoms with van der Waals surface area (Å²) >= 11 is 0. The summed E-state index contributed by atoms with van der Waals surface area (Å²) in [6.45, 7) is 1.50. The van der Waals surface area contributed by atoms with Gasteiger partial charge in [-0.05, 0) is 47.5 Å². The van der Waals surface area contributed by atoms with E-state index in [1.54, 1.807) is 10.9 Å². The van der Waals surface area contributed by atoms with E-state index in [9.17, 15) is 4.79 Å². The monoisotopic (exact) mass is 323 g/mol. The third-order valence-electron chi connectivity index (χ3n) is 4.36. The van der Waals surface area contributed by atoms with Crippen LogP contribution in [0.5, 0.6) is 0 Å². The van der Waals surface area contributed by atoms with Crippen molar-refractivity contribution in [2.24, 2.45) is 0 Å². The molecule has 1 aliphatic rings. The van der Waals surface area contributed by atoms with E-state index in [0.29, 0.717) is 18.2 Å². The molecule has 8 heteroatoms. The highest BCUT2D eigenvalue weighted by Gasteiger charge is 2.25. The SMILES string of the molecule is O=C(c1ccc(-n2cnnn2)cc1)N1CCCC(n2ccnc2)C1. The van der Waals surface area contributed by atoms with Crippen molar-refractivity contribution in [3.8, 4) is 5.69 Å². The Morgan fingerprint density at radius 2 is 2.04 bits per heavy atom. The van der Waals surface area contributed by atoms with E-state index in [1.807, 2.05) is 41.7 Å². The molecule has 0 aliphatic carbocycles. The smallest absolute Gasteiger partial charge is 0.253 e. The first-order valence-corrected chi connectivity index (χ1v) is 7.91. The molecule has 3 heterocycles. The van der Waals surface area contributed by atoms with E-state index in [2.05, 4.69) is 25.1 Å². The van der Waals surface area contributed by atoms with Crippen molar-refractivity contribution in [2.75, 3.05) is 13.1 Å². The molecule has 0 bridgehead atoms. The van der Waals surface area contributed by atoms with Gasteiger partial charge in [0.25, 0.3) is 5.91 Å². The second kappa shape index (κ2) is 6.23. The number of likely N-dealkylation sites (tertiary alicyclic amines) is 1. The number of hydrogen-bond acceptors (Lipinski definition) is 5. The lowest BCUT2D eigenvalue weighted by Crippen LogP contribution is -2.40. The average molecular weight is 323 g/mol. The van der Waals surface area contributed by atoms with E-state index in [1.165, 1.54) is 6.33 Å². The fourth-order valence-corrected chi connectivity index (χ4v) is 3.09. The van der Waals surface area contributed by atoms with Crippen molar-refractivity contribution in [2.45, 2.75) is 18.9 Å². The van der Waals surface area contributed by atoms with Crippen LogP contribution in [0.15, 0.2) is 49.3 Å². The number of benzene rings is 1. The summed E-state index contributed by atoms with van der Waals surface area (Å²) in [6.07, 6.45) is 9.14. The van der Waals surface area contributed by atoms with E-state index < -0.39 is 0 Å². The van der Waals surface area contributed by atoms with Crippen LogP contribution >= 0.6 is 0 Å². The van der Waals surface area contributed by atoms with Crippen LogP contribution < -0.4 is 0 Å². The van der Waals surface area contributed by atoms with Crippen molar-refractivity contribution in [1.82, 2.24) is 34.7 Å². The lowest BCUT2D eigenvalue weighted by molar-refractivity contribution is 0.0679. The zero-order valence-corrected chi connectivity index (χ0v) is 13.1. The van der Waals surface area contributed by atoms with Crippen LogP contribution in [0.2, 0.25) is 0 Å². The van der Waals surface area contributed by atoms with Gasteiger partial charge in [0.1, 0.15) is 6.33 Å². The van der Waals surface area contributed by atoms with Gasteiger partial charge in [0.2, 0.25) is 0 Å². The normalized spacial score (nSPS) is 17.8. The fraction of sp³-hybridized carbons (Fsp3) is 0.312. The number of tetrazole rings is 1. The number of rotatable bonds is 3. The summed E-state index contributed by atoms with van der Waals surface area (Å²) in [7, 11) is 0. The van der Waals surface area contributed by atoms with E-state index in [-0.39, 0.29) is 5.91 Å². The molecular weight excluding hydrogens is 306 g/mol. The second-order valence-electron chi connectivity index (χ2n) is 5.86.